The molecule has 23 heavy (non-hydrogen) atoms. The van der Waals surface area contributed by atoms with Crippen molar-refractivity contribution >= 4 is 11.6 Å². The minimum absolute atomic E-state index is 0.139. The van der Waals surface area contributed by atoms with Crippen LogP contribution in [-0.2, 0) is 11.3 Å². The highest BCUT2D eigenvalue weighted by atomic mass is 16.5. The Bertz CT molecular complexity index is 670. The molecule has 1 saturated heterocycles. The number of rotatable bonds is 4. The van der Waals surface area contributed by atoms with E-state index >= 15 is 0 Å². The summed E-state index contributed by atoms with van der Waals surface area (Å²) >= 11 is 0. The molecule has 0 saturated carbocycles. The molecule has 5 heteroatoms. The standard InChI is InChI=1S/C18H22N2O3/c1-13-11-17(14(2)23-13)18(21)19-16-5-3-15(4-6-16)12-20-7-9-22-10-8-20/h3-6,11H,7-10,12H2,1-2H3,(H,19,21). The van der Waals surface area contributed by atoms with Gasteiger partial charge in [-0.3, -0.25) is 9.69 Å². The van der Waals surface area contributed by atoms with Crippen molar-refractivity contribution in [2.24, 2.45) is 0 Å². The summed E-state index contributed by atoms with van der Waals surface area (Å²) in [5.74, 6) is 1.25. The average molecular weight is 314 g/mol. The second-order valence-corrected chi connectivity index (χ2v) is 5.87. The van der Waals surface area contributed by atoms with E-state index in [1.165, 1.54) is 5.56 Å². The zero-order chi connectivity index (χ0) is 16.2. The minimum Gasteiger partial charge on any atom is -0.466 e. The second-order valence-electron chi connectivity index (χ2n) is 5.87. The van der Waals surface area contributed by atoms with Crippen LogP contribution in [0.3, 0.4) is 0 Å². The smallest absolute Gasteiger partial charge is 0.259 e. The number of hydrogen-bond acceptors (Lipinski definition) is 4. The summed E-state index contributed by atoms with van der Waals surface area (Å²) in [5, 5.41) is 2.91. The summed E-state index contributed by atoms with van der Waals surface area (Å²) in [7, 11) is 0. The number of morpholine rings is 1. The maximum atomic E-state index is 12.3. The molecule has 1 aromatic carbocycles. The second kappa shape index (κ2) is 6.98. The largest absolute Gasteiger partial charge is 0.466 e. The maximum absolute atomic E-state index is 12.3. The first-order valence-corrected chi connectivity index (χ1v) is 7.89. The molecule has 2 aromatic rings. The van der Waals surface area contributed by atoms with E-state index in [2.05, 4.69) is 22.3 Å². The van der Waals surface area contributed by atoms with Gasteiger partial charge in [0.25, 0.3) is 5.91 Å². The molecular formula is C18H22N2O3. The Morgan fingerprint density at radius 2 is 1.87 bits per heavy atom. The van der Waals surface area contributed by atoms with E-state index in [1.807, 2.05) is 19.1 Å². The SMILES string of the molecule is Cc1cc(C(=O)Nc2ccc(CN3CCOCC3)cc2)c(C)o1. The Hall–Kier alpha value is -2.11. The molecule has 0 spiro atoms. The van der Waals surface area contributed by atoms with Crippen LogP contribution in [0, 0.1) is 13.8 Å². The molecule has 2 heterocycles. The van der Waals surface area contributed by atoms with Crippen molar-refractivity contribution < 1.29 is 13.9 Å². The number of amides is 1. The van der Waals surface area contributed by atoms with Crippen molar-refractivity contribution in [2.45, 2.75) is 20.4 Å². The van der Waals surface area contributed by atoms with Gasteiger partial charge in [-0.2, -0.15) is 0 Å². The van der Waals surface area contributed by atoms with E-state index in [-0.39, 0.29) is 5.91 Å². The van der Waals surface area contributed by atoms with Crippen LogP contribution in [0.25, 0.3) is 0 Å². The van der Waals surface area contributed by atoms with E-state index < -0.39 is 0 Å². The molecule has 5 nitrogen and oxygen atoms in total. The first-order valence-electron chi connectivity index (χ1n) is 7.89. The van der Waals surface area contributed by atoms with E-state index in [0.29, 0.717) is 11.3 Å². The lowest BCUT2D eigenvalue weighted by Crippen LogP contribution is -2.35. The monoisotopic (exact) mass is 314 g/mol. The first-order chi connectivity index (χ1) is 11.1. The van der Waals surface area contributed by atoms with Gasteiger partial charge in [-0.25, -0.2) is 0 Å². The van der Waals surface area contributed by atoms with Gasteiger partial charge in [0, 0.05) is 25.3 Å². The lowest BCUT2D eigenvalue weighted by atomic mass is 10.1. The molecule has 1 fully saturated rings. The van der Waals surface area contributed by atoms with Gasteiger partial charge in [-0.1, -0.05) is 12.1 Å². The Labute approximate surface area is 136 Å². The topological polar surface area (TPSA) is 54.7 Å². The maximum Gasteiger partial charge on any atom is 0.259 e. The Morgan fingerprint density at radius 1 is 1.17 bits per heavy atom. The average Bonchev–Trinajstić information content (AvgIpc) is 2.89. The summed E-state index contributed by atoms with van der Waals surface area (Å²) in [4.78, 5) is 14.6. The molecule has 0 atom stereocenters. The Kier molecular flexibility index (Phi) is 4.79. The van der Waals surface area contributed by atoms with Crippen LogP contribution in [0.2, 0.25) is 0 Å². The number of ether oxygens (including phenoxy) is 1. The molecule has 1 aliphatic rings. The molecule has 1 amide bonds. The summed E-state index contributed by atoms with van der Waals surface area (Å²) in [6, 6.07) is 9.75. The Balaban J connectivity index is 1.60. The van der Waals surface area contributed by atoms with E-state index in [4.69, 9.17) is 9.15 Å². The molecule has 0 radical (unpaired) electrons. The number of anilines is 1. The number of hydrogen-bond donors (Lipinski definition) is 1. The number of carbonyl (C=O) groups is 1. The number of nitrogens with zero attached hydrogens (tertiary/aromatic N) is 1. The molecule has 122 valence electrons. The highest BCUT2D eigenvalue weighted by molar-refractivity contribution is 6.05. The van der Waals surface area contributed by atoms with Gasteiger partial charge in [0.1, 0.15) is 11.5 Å². The number of nitrogens with one attached hydrogen (secondary N) is 1. The highest BCUT2D eigenvalue weighted by Crippen LogP contribution is 2.17. The predicted octanol–water partition coefficient (Wildman–Crippen LogP) is 2.98. The van der Waals surface area contributed by atoms with Gasteiger partial charge < -0.3 is 14.5 Å². The van der Waals surface area contributed by atoms with Crippen molar-refractivity contribution in [2.75, 3.05) is 31.6 Å². The molecule has 0 unspecified atom stereocenters. The fourth-order valence-corrected chi connectivity index (χ4v) is 2.77. The fourth-order valence-electron chi connectivity index (χ4n) is 2.77. The summed E-state index contributed by atoms with van der Waals surface area (Å²) < 4.78 is 10.8. The van der Waals surface area contributed by atoms with Gasteiger partial charge in [-0.05, 0) is 37.6 Å². The lowest BCUT2D eigenvalue weighted by Gasteiger charge is -2.26. The van der Waals surface area contributed by atoms with Gasteiger partial charge in [0.05, 0.1) is 18.8 Å². The molecule has 0 aliphatic carbocycles. The van der Waals surface area contributed by atoms with Crippen LogP contribution in [0.15, 0.2) is 34.7 Å². The summed E-state index contributed by atoms with van der Waals surface area (Å²) in [6.45, 7) is 8.10. The Morgan fingerprint density at radius 3 is 2.48 bits per heavy atom. The lowest BCUT2D eigenvalue weighted by molar-refractivity contribution is 0.0342. The van der Waals surface area contributed by atoms with E-state index in [1.54, 1.807) is 13.0 Å². The van der Waals surface area contributed by atoms with Crippen LogP contribution in [0.5, 0.6) is 0 Å². The van der Waals surface area contributed by atoms with Crippen LogP contribution in [-0.4, -0.2) is 37.1 Å². The van der Waals surface area contributed by atoms with Crippen molar-refractivity contribution in [3.63, 3.8) is 0 Å². The zero-order valence-corrected chi connectivity index (χ0v) is 13.6. The minimum atomic E-state index is -0.139. The van der Waals surface area contributed by atoms with Gasteiger partial charge >= 0.3 is 0 Å². The van der Waals surface area contributed by atoms with Crippen LogP contribution >= 0.6 is 0 Å². The third kappa shape index (κ3) is 4.00. The van der Waals surface area contributed by atoms with E-state index in [9.17, 15) is 4.79 Å². The quantitative estimate of drug-likeness (QED) is 0.942. The number of carbonyl (C=O) groups excluding carboxylic acids is 1. The molecule has 1 N–H and O–H groups in total. The van der Waals surface area contributed by atoms with Crippen molar-refractivity contribution in [3.05, 3.63) is 53.0 Å². The van der Waals surface area contributed by atoms with Crippen molar-refractivity contribution in [1.82, 2.24) is 4.90 Å². The first kappa shape index (κ1) is 15.8. The number of furan rings is 1. The molecule has 3 rings (SSSR count). The van der Waals surface area contributed by atoms with Crippen LogP contribution in [0.4, 0.5) is 5.69 Å². The molecule has 1 aromatic heterocycles. The van der Waals surface area contributed by atoms with Crippen molar-refractivity contribution in [1.29, 1.82) is 0 Å². The third-order valence-electron chi connectivity index (χ3n) is 4.01. The van der Waals surface area contributed by atoms with Crippen LogP contribution < -0.4 is 5.32 Å². The third-order valence-corrected chi connectivity index (χ3v) is 4.01. The zero-order valence-electron chi connectivity index (χ0n) is 13.6. The van der Waals surface area contributed by atoms with Gasteiger partial charge in [-0.15, -0.1) is 0 Å². The van der Waals surface area contributed by atoms with Gasteiger partial charge in [0.15, 0.2) is 0 Å². The van der Waals surface area contributed by atoms with Crippen LogP contribution in [0.1, 0.15) is 27.4 Å². The van der Waals surface area contributed by atoms with Gasteiger partial charge in [0.2, 0.25) is 0 Å². The molecule has 1 aliphatic heterocycles. The summed E-state index contributed by atoms with van der Waals surface area (Å²) in [5.41, 5.74) is 2.61. The van der Waals surface area contributed by atoms with Crippen molar-refractivity contribution in [3.8, 4) is 0 Å². The summed E-state index contributed by atoms with van der Waals surface area (Å²) in [6.07, 6.45) is 0. The number of aryl methyl sites for hydroxylation is 2. The highest BCUT2D eigenvalue weighted by Gasteiger charge is 2.14. The number of benzene rings is 1. The normalized spacial score (nSPS) is 15.6. The molecule has 0 bridgehead atoms. The fraction of sp³-hybridized carbons (Fsp3) is 0.389. The molecular weight excluding hydrogens is 292 g/mol. The van der Waals surface area contributed by atoms with E-state index in [0.717, 1.165) is 44.3 Å². The predicted molar refractivity (Wildman–Crippen MR) is 88.7 cm³/mol.